The van der Waals surface area contributed by atoms with Crippen LogP contribution in [-0.4, -0.2) is 29.7 Å². The second-order valence-corrected chi connectivity index (χ2v) is 10.6. The lowest BCUT2D eigenvalue weighted by molar-refractivity contribution is -0.0978. The average Bonchev–Trinajstić information content (AvgIpc) is 3.05. The van der Waals surface area contributed by atoms with Crippen molar-refractivity contribution in [3.05, 3.63) is 35.4 Å². The number of amides is 1. The maximum Gasteiger partial charge on any atom is 0.410 e. The molecule has 3 aliphatic carbocycles. The number of ether oxygens (including phenoxy) is 1. The third-order valence-corrected chi connectivity index (χ3v) is 7.39. The normalized spacial score (nSPS) is 31.5. The number of likely N-dealkylation sites (tertiary alicyclic amines) is 1. The highest BCUT2D eigenvalue weighted by Gasteiger charge is 2.61. The Hall–Kier alpha value is -1.51. The number of carbonyl (C=O) groups is 1. The van der Waals surface area contributed by atoms with E-state index >= 15 is 0 Å². The molecule has 1 aromatic carbocycles. The van der Waals surface area contributed by atoms with Crippen LogP contribution in [0.3, 0.4) is 0 Å². The lowest BCUT2D eigenvalue weighted by Gasteiger charge is -2.59. The fourth-order valence-electron chi connectivity index (χ4n) is 6.25. The molecule has 26 heavy (non-hydrogen) atoms. The molecule has 0 aromatic heterocycles. The summed E-state index contributed by atoms with van der Waals surface area (Å²) in [5.41, 5.74) is 3.85. The van der Waals surface area contributed by atoms with Gasteiger partial charge >= 0.3 is 6.09 Å². The quantitative estimate of drug-likeness (QED) is 0.754. The number of carbonyl (C=O) groups excluding carboxylic acids is 1. The Labute approximate surface area is 157 Å². The minimum atomic E-state index is -0.389. The van der Waals surface area contributed by atoms with Gasteiger partial charge in [-0.25, -0.2) is 4.79 Å². The Balaban J connectivity index is 1.11. The number of fused-ring (bicyclic) bond motifs is 2. The van der Waals surface area contributed by atoms with Crippen molar-refractivity contribution in [3.8, 4) is 0 Å². The van der Waals surface area contributed by atoms with Gasteiger partial charge in [-0.1, -0.05) is 24.3 Å². The van der Waals surface area contributed by atoms with Gasteiger partial charge in [0.15, 0.2) is 0 Å². The molecular formula is C23H31NO2. The van der Waals surface area contributed by atoms with Crippen molar-refractivity contribution in [2.45, 2.75) is 70.3 Å². The van der Waals surface area contributed by atoms with Crippen LogP contribution in [0.25, 0.3) is 0 Å². The minimum Gasteiger partial charge on any atom is -0.444 e. The van der Waals surface area contributed by atoms with Gasteiger partial charge in [0.2, 0.25) is 0 Å². The summed E-state index contributed by atoms with van der Waals surface area (Å²) >= 11 is 0. The molecule has 3 nitrogen and oxygen atoms in total. The van der Waals surface area contributed by atoms with Crippen molar-refractivity contribution >= 4 is 6.09 Å². The maximum atomic E-state index is 12.1. The first kappa shape index (κ1) is 16.6. The van der Waals surface area contributed by atoms with Gasteiger partial charge in [-0.05, 0) is 87.7 Å². The smallest absolute Gasteiger partial charge is 0.410 e. The molecular weight excluding hydrogens is 322 g/mol. The maximum absolute atomic E-state index is 12.1. The molecule has 3 heteroatoms. The molecule has 3 fully saturated rings. The van der Waals surface area contributed by atoms with E-state index in [1.165, 1.54) is 38.5 Å². The fourth-order valence-corrected chi connectivity index (χ4v) is 6.25. The number of benzene rings is 1. The summed E-state index contributed by atoms with van der Waals surface area (Å²) in [6.45, 7) is 7.64. The second-order valence-electron chi connectivity index (χ2n) is 10.6. The zero-order chi connectivity index (χ0) is 18.2. The Morgan fingerprint density at radius 2 is 1.92 bits per heavy atom. The van der Waals surface area contributed by atoms with Crippen LogP contribution in [0.15, 0.2) is 24.3 Å². The van der Waals surface area contributed by atoms with Gasteiger partial charge in [-0.15, -0.1) is 0 Å². The molecule has 1 amide bonds. The van der Waals surface area contributed by atoms with Crippen LogP contribution < -0.4 is 0 Å². The van der Waals surface area contributed by atoms with E-state index in [0.717, 1.165) is 24.9 Å². The number of hydrogen-bond acceptors (Lipinski definition) is 2. The van der Waals surface area contributed by atoms with Crippen LogP contribution >= 0.6 is 0 Å². The first-order chi connectivity index (χ1) is 12.3. The van der Waals surface area contributed by atoms with E-state index in [9.17, 15) is 4.79 Å². The van der Waals surface area contributed by atoms with Gasteiger partial charge < -0.3 is 9.64 Å². The van der Waals surface area contributed by atoms with E-state index in [-0.39, 0.29) is 11.7 Å². The molecule has 0 bridgehead atoms. The van der Waals surface area contributed by atoms with Crippen LogP contribution in [0.1, 0.15) is 64.0 Å². The predicted octanol–water partition coefficient (Wildman–Crippen LogP) is 4.93. The molecule has 1 aliphatic heterocycles. The van der Waals surface area contributed by atoms with Crippen LogP contribution in [0.4, 0.5) is 4.79 Å². The van der Waals surface area contributed by atoms with Crippen molar-refractivity contribution in [2.75, 3.05) is 13.1 Å². The molecule has 0 radical (unpaired) electrons. The van der Waals surface area contributed by atoms with Crippen molar-refractivity contribution in [2.24, 2.45) is 17.3 Å². The Bertz CT molecular complexity index is 735. The highest BCUT2D eigenvalue weighted by atomic mass is 16.6. The molecule has 1 saturated heterocycles. The zero-order valence-electron chi connectivity index (χ0n) is 16.4. The molecule has 2 spiro atoms. The van der Waals surface area contributed by atoms with E-state index in [2.05, 4.69) is 24.3 Å². The number of rotatable bonds is 2. The number of nitrogens with zero attached hydrogens (tertiary/aromatic N) is 1. The molecule has 4 aliphatic rings. The van der Waals surface area contributed by atoms with Crippen molar-refractivity contribution < 1.29 is 9.53 Å². The Morgan fingerprint density at radius 3 is 2.65 bits per heavy atom. The SMILES string of the molecule is CC(C)(C)OC(=O)N1CC2(CC(CC3CC34CCc3ccccc34)C2)C1. The predicted molar refractivity (Wildman–Crippen MR) is 102 cm³/mol. The monoisotopic (exact) mass is 353 g/mol. The second kappa shape index (κ2) is 5.27. The van der Waals surface area contributed by atoms with Crippen LogP contribution in [0.5, 0.6) is 0 Å². The molecule has 2 atom stereocenters. The average molecular weight is 354 g/mol. The third-order valence-electron chi connectivity index (χ3n) is 7.39. The Morgan fingerprint density at radius 1 is 1.19 bits per heavy atom. The van der Waals surface area contributed by atoms with E-state index in [4.69, 9.17) is 4.74 Å². The van der Waals surface area contributed by atoms with Crippen molar-refractivity contribution in [1.29, 1.82) is 0 Å². The molecule has 140 valence electrons. The van der Waals surface area contributed by atoms with Crippen LogP contribution in [-0.2, 0) is 16.6 Å². The van der Waals surface area contributed by atoms with E-state index in [1.54, 1.807) is 11.1 Å². The highest BCUT2D eigenvalue weighted by molar-refractivity contribution is 5.69. The van der Waals surface area contributed by atoms with Gasteiger partial charge in [0, 0.05) is 18.5 Å². The van der Waals surface area contributed by atoms with Crippen LogP contribution in [0.2, 0.25) is 0 Å². The summed E-state index contributed by atoms with van der Waals surface area (Å²) in [7, 11) is 0. The highest BCUT2D eigenvalue weighted by Crippen LogP contribution is 2.66. The summed E-state index contributed by atoms with van der Waals surface area (Å²) in [5, 5.41) is 0. The summed E-state index contributed by atoms with van der Waals surface area (Å²) in [6.07, 6.45) is 7.99. The molecule has 2 saturated carbocycles. The van der Waals surface area contributed by atoms with E-state index in [1.807, 2.05) is 25.7 Å². The summed E-state index contributed by atoms with van der Waals surface area (Å²) in [4.78, 5) is 14.0. The lowest BCUT2D eigenvalue weighted by atomic mass is 9.56. The first-order valence-corrected chi connectivity index (χ1v) is 10.4. The van der Waals surface area contributed by atoms with Crippen molar-refractivity contribution in [3.63, 3.8) is 0 Å². The van der Waals surface area contributed by atoms with Crippen molar-refractivity contribution in [1.82, 2.24) is 4.90 Å². The van der Waals surface area contributed by atoms with E-state index in [0.29, 0.717) is 10.8 Å². The molecule has 0 N–H and O–H groups in total. The molecule has 1 heterocycles. The molecule has 1 aromatic rings. The van der Waals surface area contributed by atoms with Gasteiger partial charge in [0.1, 0.15) is 5.60 Å². The number of aryl methyl sites for hydroxylation is 1. The standard InChI is InChI=1S/C23H31NO2/c1-21(2,3)26-20(25)24-14-22(15-24)11-16(12-22)10-18-13-23(18)9-8-17-6-4-5-7-19(17)23/h4-7,16,18H,8-15H2,1-3H3. The fraction of sp³-hybridized carbons (Fsp3) is 0.696. The van der Waals surface area contributed by atoms with Gasteiger partial charge in [-0.3, -0.25) is 0 Å². The Kier molecular flexibility index (Phi) is 3.37. The largest absolute Gasteiger partial charge is 0.444 e. The van der Waals surface area contributed by atoms with Crippen LogP contribution in [0, 0.1) is 17.3 Å². The van der Waals surface area contributed by atoms with Gasteiger partial charge in [-0.2, -0.15) is 0 Å². The summed E-state index contributed by atoms with van der Waals surface area (Å²) in [5.74, 6) is 1.79. The molecule has 5 rings (SSSR count). The van der Waals surface area contributed by atoms with Gasteiger partial charge in [0.25, 0.3) is 0 Å². The molecule has 2 unspecified atom stereocenters. The summed E-state index contributed by atoms with van der Waals surface area (Å²) in [6, 6.07) is 9.13. The first-order valence-electron chi connectivity index (χ1n) is 10.4. The third kappa shape index (κ3) is 2.58. The minimum absolute atomic E-state index is 0.129. The summed E-state index contributed by atoms with van der Waals surface area (Å²) < 4.78 is 5.49. The lowest BCUT2D eigenvalue weighted by Crippen LogP contribution is -2.64. The van der Waals surface area contributed by atoms with E-state index < -0.39 is 0 Å². The topological polar surface area (TPSA) is 29.5 Å². The number of hydrogen-bond donors (Lipinski definition) is 0. The zero-order valence-corrected chi connectivity index (χ0v) is 16.4. The van der Waals surface area contributed by atoms with Gasteiger partial charge in [0.05, 0.1) is 0 Å².